The molecule has 0 saturated carbocycles. The summed E-state index contributed by atoms with van der Waals surface area (Å²) in [6, 6.07) is 5.04. The van der Waals surface area contributed by atoms with Gasteiger partial charge in [-0.1, -0.05) is 41.0 Å². The summed E-state index contributed by atoms with van der Waals surface area (Å²) < 4.78 is 1.20. The highest BCUT2D eigenvalue weighted by Gasteiger charge is 2.12. The zero-order valence-corrected chi connectivity index (χ0v) is 16.6. The molecule has 1 amide bonds. The van der Waals surface area contributed by atoms with Gasteiger partial charge in [-0.3, -0.25) is 4.79 Å². The number of hydrogen-bond acceptors (Lipinski definition) is 9. The number of nitrogens with one attached hydrogen (secondary N) is 2. The van der Waals surface area contributed by atoms with Crippen LogP contribution in [0.3, 0.4) is 0 Å². The van der Waals surface area contributed by atoms with Crippen LogP contribution in [0.15, 0.2) is 40.0 Å². The Labute approximate surface area is 171 Å². The van der Waals surface area contributed by atoms with Crippen molar-refractivity contribution >= 4 is 69.5 Å². The van der Waals surface area contributed by atoms with Gasteiger partial charge in [-0.05, 0) is 12.1 Å². The molecule has 0 radical (unpaired) electrons. The molecule has 0 spiro atoms. The Kier molecular flexibility index (Phi) is 6.50. The van der Waals surface area contributed by atoms with Crippen LogP contribution in [0, 0.1) is 0 Å². The number of amides is 1. The number of thioether (sulfide) groups is 1. The average Bonchev–Trinajstić information content (AvgIpc) is 3.26. The van der Waals surface area contributed by atoms with E-state index in [4.69, 9.17) is 29.0 Å². The Morgan fingerprint density at radius 2 is 2.26 bits per heavy atom. The summed E-state index contributed by atoms with van der Waals surface area (Å²) in [6.07, 6.45) is 3.11. The summed E-state index contributed by atoms with van der Waals surface area (Å²) in [5.41, 5.74) is 3.34. The smallest absolute Gasteiger partial charge is 0.264 e. The lowest BCUT2D eigenvalue weighted by Gasteiger charge is -2.03. The van der Waals surface area contributed by atoms with E-state index in [1.807, 2.05) is 0 Å². The minimum Gasteiger partial charge on any atom is -0.334 e. The number of thiazole rings is 1. The third-order valence-electron chi connectivity index (χ3n) is 3.01. The maximum Gasteiger partial charge on any atom is 0.264 e. The van der Waals surface area contributed by atoms with Crippen LogP contribution >= 0.6 is 46.3 Å². The van der Waals surface area contributed by atoms with Crippen molar-refractivity contribution in [3.8, 4) is 0 Å². The molecular formula is C14H12Cl2N8OS2. The number of carbonyl (C=O) groups is 1. The number of nitrogen functional groups attached to an aromatic ring is 1. The second-order valence-electron chi connectivity index (χ2n) is 4.89. The topological polar surface area (TPSA) is 123 Å². The lowest BCUT2D eigenvalue weighted by atomic mass is 10.2. The van der Waals surface area contributed by atoms with Crippen molar-refractivity contribution in [2.24, 2.45) is 5.10 Å². The average molecular weight is 443 g/mol. The largest absolute Gasteiger partial charge is 0.334 e. The molecule has 0 aliphatic carbocycles. The number of nitrogens with zero attached hydrogens (tertiary/aromatic N) is 5. The monoisotopic (exact) mass is 442 g/mol. The molecule has 0 bridgehead atoms. The Morgan fingerprint density at radius 3 is 3.00 bits per heavy atom. The van der Waals surface area contributed by atoms with Crippen molar-refractivity contribution < 1.29 is 4.79 Å². The Bertz CT molecular complexity index is 960. The molecular weight excluding hydrogens is 431 g/mol. The van der Waals surface area contributed by atoms with Gasteiger partial charge in [-0.25, -0.2) is 15.1 Å². The minimum atomic E-state index is -0.220. The summed E-state index contributed by atoms with van der Waals surface area (Å²) >= 11 is 14.4. The van der Waals surface area contributed by atoms with Gasteiger partial charge in [0.2, 0.25) is 11.1 Å². The molecule has 0 fully saturated rings. The van der Waals surface area contributed by atoms with E-state index in [9.17, 15) is 4.79 Å². The first-order valence-electron chi connectivity index (χ1n) is 7.29. The number of halogens is 2. The molecule has 27 heavy (non-hydrogen) atoms. The van der Waals surface area contributed by atoms with Gasteiger partial charge in [0.25, 0.3) is 5.95 Å². The van der Waals surface area contributed by atoms with Crippen LogP contribution in [0.4, 0.5) is 11.1 Å². The number of aromatic nitrogens is 4. The van der Waals surface area contributed by atoms with Crippen LogP contribution in [-0.4, -0.2) is 37.7 Å². The number of nitrogens with two attached hydrogens (primary N) is 1. The van der Waals surface area contributed by atoms with Crippen LogP contribution in [0.1, 0.15) is 5.56 Å². The second-order valence-corrected chi connectivity index (χ2v) is 7.57. The Hall–Kier alpha value is -2.34. The molecule has 0 aliphatic rings. The molecule has 140 valence electrons. The lowest BCUT2D eigenvalue weighted by Crippen LogP contribution is -2.16. The first-order valence-corrected chi connectivity index (χ1v) is 9.92. The van der Waals surface area contributed by atoms with Crippen LogP contribution < -0.4 is 16.6 Å². The van der Waals surface area contributed by atoms with Gasteiger partial charge in [0.05, 0.1) is 17.0 Å². The number of hydrogen-bond donors (Lipinski definition) is 3. The Balaban J connectivity index is 1.55. The highest BCUT2D eigenvalue weighted by atomic mass is 35.5. The summed E-state index contributed by atoms with van der Waals surface area (Å²) in [5, 5.41) is 18.1. The van der Waals surface area contributed by atoms with E-state index in [2.05, 4.69) is 31.0 Å². The van der Waals surface area contributed by atoms with E-state index < -0.39 is 0 Å². The predicted molar refractivity (Wildman–Crippen MR) is 109 cm³/mol. The van der Waals surface area contributed by atoms with Crippen molar-refractivity contribution in [3.05, 3.63) is 45.4 Å². The SMILES string of the molecule is Nn1c(N/N=C/c2ccc(Cl)cc2Cl)nnc1SCC(=O)Nc1nccs1. The zero-order chi connectivity index (χ0) is 19.2. The van der Waals surface area contributed by atoms with Crippen LogP contribution in [0.25, 0.3) is 0 Å². The van der Waals surface area contributed by atoms with E-state index in [1.54, 1.807) is 29.8 Å². The third-order valence-corrected chi connectivity index (χ3v) is 5.20. The molecule has 3 aromatic rings. The van der Waals surface area contributed by atoms with Gasteiger partial charge in [0.1, 0.15) is 0 Å². The molecule has 0 aliphatic heterocycles. The molecule has 2 heterocycles. The number of carbonyl (C=O) groups excluding carboxylic acids is 1. The van der Waals surface area contributed by atoms with Gasteiger partial charge in [-0.15, -0.1) is 21.5 Å². The maximum absolute atomic E-state index is 11.9. The van der Waals surface area contributed by atoms with E-state index in [0.29, 0.717) is 25.9 Å². The molecule has 2 aromatic heterocycles. The highest BCUT2D eigenvalue weighted by Crippen LogP contribution is 2.20. The number of anilines is 2. The van der Waals surface area contributed by atoms with Crippen molar-refractivity contribution in [2.75, 3.05) is 22.3 Å². The molecule has 9 nitrogen and oxygen atoms in total. The van der Waals surface area contributed by atoms with E-state index in [1.165, 1.54) is 22.2 Å². The first-order chi connectivity index (χ1) is 13.0. The molecule has 4 N–H and O–H groups in total. The van der Waals surface area contributed by atoms with Crippen molar-refractivity contribution in [3.63, 3.8) is 0 Å². The van der Waals surface area contributed by atoms with E-state index in [-0.39, 0.29) is 17.6 Å². The fourth-order valence-corrected chi connectivity index (χ4v) is 3.45. The van der Waals surface area contributed by atoms with Gasteiger partial charge < -0.3 is 11.2 Å². The van der Waals surface area contributed by atoms with E-state index >= 15 is 0 Å². The van der Waals surface area contributed by atoms with Gasteiger partial charge in [0, 0.05) is 22.2 Å². The number of hydrazone groups is 1. The summed E-state index contributed by atoms with van der Waals surface area (Å²) in [6.45, 7) is 0. The normalized spacial score (nSPS) is 11.0. The molecule has 3 rings (SSSR count). The molecule has 0 saturated heterocycles. The van der Waals surface area contributed by atoms with Gasteiger partial charge in [-0.2, -0.15) is 5.10 Å². The molecule has 0 unspecified atom stereocenters. The molecule has 1 aromatic carbocycles. The lowest BCUT2D eigenvalue weighted by molar-refractivity contribution is -0.113. The van der Waals surface area contributed by atoms with Crippen LogP contribution in [0.2, 0.25) is 10.0 Å². The molecule has 13 heteroatoms. The maximum atomic E-state index is 11.9. The van der Waals surface area contributed by atoms with E-state index in [0.717, 1.165) is 11.8 Å². The van der Waals surface area contributed by atoms with Crippen LogP contribution in [0.5, 0.6) is 0 Å². The fourth-order valence-electron chi connectivity index (χ4n) is 1.79. The molecule has 0 atom stereocenters. The number of rotatable bonds is 7. The van der Waals surface area contributed by atoms with Gasteiger partial charge >= 0.3 is 0 Å². The highest BCUT2D eigenvalue weighted by molar-refractivity contribution is 7.99. The number of benzene rings is 1. The van der Waals surface area contributed by atoms with Crippen molar-refractivity contribution in [1.82, 2.24) is 19.9 Å². The van der Waals surface area contributed by atoms with Crippen molar-refractivity contribution in [2.45, 2.75) is 5.16 Å². The summed E-state index contributed by atoms with van der Waals surface area (Å²) in [7, 11) is 0. The zero-order valence-electron chi connectivity index (χ0n) is 13.5. The predicted octanol–water partition coefficient (Wildman–Crippen LogP) is 2.93. The fraction of sp³-hybridized carbons (Fsp3) is 0.0714. The van der Waals surface area contributed by atoms with Crippen LogP contribution in [-0.2, 0) is 4.79 Å². The summed E-state index contributed by atoms with van der Waals surface area (Å²) in [5.74, 6) is 6.00. The second kappa shape index (κ2) is 9.04. The minimum absolute atomic E-state index is 0.110. The van der Waals surface area contributed by atoms with Crippen molar-refractivity contribution in [1.29, 1.82) is 0 Å². The standard InChI is InChI=1S/C14H12Cl2N8OS2/c15-9-2-1-8(10(16)5-9)6-19-21-12-22-23-14(24(12)17)27-7-11(25)20-13-18-3-4-26-13/h1-6H,7,17H2,(H,21,22)(H,18,20,25)/b19-6+. The quantitative estimate of drug-likeness (QED) is 0.222. The summed E-state index contributed by atoms with van der Waals surface area (Å²) in [4.78, 5) is 15.8. The Morgan fingerprint density at radius 1 is 1.41 bits per heavy atom. The third kappa shape index (κ3) is 5.32. The van der Waals surface area contributed by atoms with Gasteiger partial charge in [0.15, 0.2) is 5.13 Å². The first kappa shape index (κ1) is 19.4.